The van der Waals surface area contributed by atoms with E-state index in [1.54, 1.807) is 54.6 Å². The number of aromatic nitrogens is 2. The number of amides is 11. The van der Waals surface area contributed by atoms with Gasteiger partial charge in [-0.2, -0.15) is 0 Å². The van der Waals surface area contributed by atoms with Crippen LogP contribution in [-0.2, 0) is 94.4 Å². The van der Waals surface area contributed by atoms with E-state index in [-0.39, 0.29) is 25.7 Å². The maximum atomic E-state index is 14.6. The number of primary amides is 1. The maximum Gasteiger partial charge on any atom is 0.305 e. The average molecular weight is 1440 g/mol. The van der Waals surface area contributed by atoms with Gasteiger partial charge in [0, 0.05) is 37.6 Å². The minimum atomic E-state index is -2.18. The largest absolute Gasteiger partial charge is 0.481 e. The minimum Gasteiger partial charge on any atom is -0.481 e. The summed E-state index contributed by atoms with van der Waals surface area (Å²) < 4.78 is 0. The van der Waals surface area contributed by atoms with Crippen LogP contribution in [0.3, 0.4) is 0 Å². The highest BCUT2D eigenvalue weighted by atomic mass is 16.4. The van der Waals surface area contributed by atoms with Crippen LogP contribution in [0.4, 0.5) is 0 Å². The Kier molecular flexibility index (Phi) is 30.4. The predicted octanol–water partition coefficient (Wildman–Crippen LogP) is -2.02. The third-order valence-corrected chi connectivity index (χ3v) is 16.7. The number of carbonyl (C=O) groups excluding carboxylic acids is 11. The van der Waals surface area contributed by atoms with E-state index >= 15 is 0 Å². The van der Waals surface area contributed by atoms with Crippen molar-refractivity contribution in [3.63, 3.8) is 0 Å². The molecule has 32 heteroatoms. The van der Waals surface area contributed by atoms with Gasteiger partial charge in [-0.15, -0.1) is 0 Å². The van der Waals surface area contributed by atoms with Crippen LogP contribution in [0.2, 0.25) is 0 Å². The Bertz CT molecular complexity index is 3980. The fourth-order valence-electron chi connectivity index (χ4n) is 10.9. The number of nitrogens with one attached hydrogen (secondary N) is 11. The Hall–Kier alpha value is -11.7. The van der Waals surface area contributed by atoms with Crippen LogP contribution in [0.1, 0.15) is 75.4 Å². The first-order valence-corrected chi connectivity index (χ1v) is 33.2. The Labute approximate surface area is 598 Å². The lowest BCUT2D eigenvalue weighted by atomic mass is 9.90. The summed E-state index contributed by atoms with van der Waals surface area (Å²) in [4.78, 5) is 182. The molecule has 0 unspecified atom stereocenters. The van der Waals surface area contributed by atoms with Gasteiger partial charge < -0.3 is 95.2 Å². The maximum absolute atomic E-state index is 14.6. The summed E-state index contributed by atoms with van der Waals surface area (Å²) >= 11 is 0. The Balaban J connectivity index is 1.14. The Morgan fingerprint density at radius 2 is 1.00 bits per heavy atom. The molecule has 6 rings (SSSR count). The number of imidazole rings is 1. The molecule has 104 heavy (non-hydrogen) atoms. The number of hydrogen-bond acceptors (Lipinski definition) is 18. The summed E-state index contributed by atoms with van der Waals surface area (Å²) in [5, 5.41) is 75.2. The SMILES string of the molecule is CCc1ccccc1-c1ccc(C[C@H](NC(=O)[C@H](CC(=O)O)NC(=O)[C@H](CO)NC(=O)[C@@H](NC(=O)[C@](C)(Cc2ccccc2)NC(=O)[C@@H](NC(=O)CNC(=O)[C@H](CC(=O)O)NC(=O)[C@H](C)NC(=O)[C@@H](N)Cc2cnc[nH]2)[C@@H](C)O)[C@@H](C)O)C(=O)N[C@@H](Cc2ccc(-c3ccccc3)cc2)C(N)=O)cc1. The van der Waals surface area contributed by atoms with Gasteiger partial charge in [0.1, 0.15) is 53.9 Å². The Morgan fingerprint density at radius 1 is 0.510 bits per heavy atom. The van der Waals surface area contributed by atoms with Crippen molar-refractivity contribution in [3.8, 4) is 22.3 Å². The van der Waals surface area contributed by atoms with Gasteiger partial charge in [-0.1, -0.05) is 140 Å². The summed E-state index contributed by atoms with van der Waals surface area (Å²) in [6.45, 7) is 4.34. The van der Waals surface area contributed by atoms with Crippen LogP contribution >= 0.6 is 0 Å². The number of carbonyl (C=O) groups is 13. The number of rotatable bonds is 39. The molecule has 5 aromatic carbocycles. The predicted molar refractivity (Wildman–Crippen MR) is 376 cm³/mol. The molecule has 0 saturated heterocycles. The number of aliphatic hydroxyl groups excluding tert-OH is 3. The fourth-order valence-corrected chi connectivity index (χ4v) is 10.9. The molecular formula is C72H88N14O18. The lowest BCUT2D eigenvalue weighted by molar-refractivity contribution is -0.142. The van der Waals surface area contributed by atoms with Gasteiger partial charge in [-0.3, -0.25) is 62.3 Å². The van der Waals surface area contributed by atoms with E-state index < -0.39 is 175 Å². The van der Waals surface area contributed by atoms with Crippen molar-refractivity contribution in [1.82, 2.24) is 63.1 Å². The number of carboxylic acid groups (broad SMARTS) is 2. The van der Waals surface area contributed by atoms with Crippen LogP contribution in [0.25, 0.3) is 22.3 Å². The quantitative estimate of drug-likeness (QED) is 0.0198. The molecule has 0 aliphatic carbocycles. The first-order valence-electron chi connectivity index (χ1n) is 33.2. The van der Waals surface area contributed by atoms with Crippen molar-refractivity contribution in [2.24, 2.45) is 11.5 Å². The smallest absolute Gasteiger partial charge is 0.305 e. The summed E-state index contributed by atoms with van der Waals surface area (Å²) in [6.07, 6.45) is -2.88. The molecule has 32 nitrogen and oxygen atoms in total. The highest BCUT2D eigenvalue weighted by molar-refractivity contribution is 6.01. The topological polar surface area (TPSA) is 524 Å². The zero-order valence-corrected chi connectivity index (χ0v) is 57.7. The third kappa shape index (κ3) is 24.5. The number of H-pyrrole nitrogens is 1. The summed E-state index contributed by atoms with van der Waals surface area (Å²) in [6, 6.07) is 24.1. The van der Waals surface area contributed by atoms with Gasteiger partial charge in [-0.05, 0) is 78.6 Å². The van der Waals surface area contributed by atoms with Crippen LogP contribution < -0.4 is 64.6 Å². The normalized spacial score (nSPS) is 14.8. The molecule has 0 fully saturated rings. The molecule has 1 aromatic heterocycles. The first-order chi connectivity index (χ1) is 49.4. The van der Waals surface area contributed by atoms with Crippen molar-refractivity contribution in [1.29, 1.82) is 0 Å². The number of carboxylic acids is 2. The molecule has 0 spiro atoms. The summed E-state index contributed by atoms with van der Waals surface area (Å²) in [5.74, 6) is -15.6. The van der Waals surface area contributed by atoms with Gasteiger partial charge in [0.15, 0.2) is 0 Å². The second-order valence-corrected chi connectivity index (χ2v) is 25.1. The molecule has 0 aliphatic heterocycles. The van der Waals surface area contributed by atoms with Gasteiger partial charge in [-0.25, -0.2) is 4.98 Å². The lowest BCUT2D eigenvalue weighted by Crippen LogP contribution is -2.67. The van der Waals surface area contributed by atoms with Crippen molar-refractivity contribution < 1.29 is 87.9 Å². The van der Waals surface area contributed by atoms with Gasteiger partial charge in [0.2, 0.25) is 65.0 Å². The lowest BCUT2D eigenvalue weighted by Gasteiger charge is -2.34. The summed E-state index contributed by atoms with van der Waals surface area (Å²) in [5.41, 5.74) is 16.3. The highest BCUT2D eigenvalue weighted by Gasteiger charge is 2.42. The van der Waals surface area contributed by atoms with E-state index in [1.807, 2.05) is 85.8 Å². The Morgan fingerprint density at radius 3 is 1.56 bits per heavy atom. The minimum absolute atomic E-state index is 0.0206. The molecule has 554 valence electrons. The number of nitrogens with two attached hydrogens (primary N) is 2. The van der Waals surface area contributed by atoms with E-state index in [9.17, 15) is 87.9 Å². The number of benzene rings is 5. The standard InChI is InChI=1S/C72H88N14O18/c1-6-45-17-13-14-20-50(45)48-27-23-43(24-28-48)30-53(66(99)79-52(62(74)95)29-42-21-25-47(26-22-42)46-18-11-8-12-19-46)81-67(100)55(33-59(93)94)82-68(101)56(37-87)83-69(102)60(40(3)88)85-71(104)72(5,34-44-15-9-7-10-16-44)86-70(103)61(41(4)89)84-57(90)36-76-65(98)54(32-58(91)92)80-63(96)39(2)78-64(97)51(73)31-49-35-75-38-77-49/h7-28,35,38-41,51-56,60-61,87-89H,6,29-34,36-37,73H2,1-5H3,(H2,74,95)(H,75,77)(H,76,98)(H,78,97)(H,79,99)(H,80,96)(H,81,100)(H,82,101)(H,83,102)(H,84,90)(H,85,104)(H,86,103)(H,91,92)(H,93,94)/t39-,40+,41+,51-,52-,53-,54-,55-,56-,60-,61-,72-/m0/s1. The zero-order chi connectivity index (χ0) is 76.4. The van der Waals surface area contributed by atoms with E-state index in [1.165, 1.54) is 26.4 Å². The van der Waals surface area contributed by atoms with Crippen LogP contribution in [0.15, 0.2) is 146 Å². The molecule has 0 aliphatic rings. The number of nitrogens with zero attached hydrogens (tertiary/aromatic N) is 1. The number of aryl methyl sites for hydroxylation is 1. The number of aliphatic carboxylic acids is 2. The molecular weight excluding hydrogens is 1350 g/mol. The molecule has 1 heterocycles. The number of hydrogen-bond donors (Lipinski definition) is 18. The molecule has 20 N–H and O–H groups in total. The molecule has 0 saturated carbocycles. The van der Waals surface area contributed by atoms with Crippen LogP contribution in [0, 0.1) is 0 Å². The highest BCUT2D eigenvalue weighted by Crippen LogP contribution is 2.26. The van der Waals surface area contributed by atoms with Crippen molar-refractivity contribution in [3.05, 3.63) is 174 Å². The number of aromatic amines is 1. The fraction of sp³-hybridized carbons (Fsp3) is 0.361. The van der Waals surface area contributed by atoms with Crippen LogP contribution in [0.5, 0.6) is 0 Å². The zero-order valence-electron chi connectivity index (χ0n) is 57.7. The second kappa shape index (κ2) is 38.9. The van der Waals surface area contributed by atoms with E-state index in [4.69, 9.17) is 11.5 Å². The second-order valence-electron chi connectivity index (χ2n) is 25.1. The van der Waals surface area contributed by atoms with Crippen molar-refractivity contribution >= 4 is 76.9 Å². The van der Waals surface area contributed by atoms with E-state index in [2.05, 4.69) is 63.1 Å². The van der Waals surface area contributed by atoms with Gasteiger partial charge in [0.25, 0.3) is 0 Å². The van der Waals surface area contributed by atoms with Crippen LogP contribution in [-0.4, -0.2) is 198 Å². The van der Waals surface area contributed by atoms with E-state index in [0.717, 1.165) is 48.1 Å². The van der Waals surface area contributed by atoms with Crippen molar-refractivity contribution in [2.45, 2.75) is 152 Å². The third-order valence-electron chi connectivity index (χ3n) is 16.7. The average Bonchev–Trinajstić information content (AvgIpc) is 0.939. The first kappa shape index (κ1) is 81.2. The monoisotopic (exact) mass is 1440 g/mol. The van der Waals surface area contributed by atoms with Gasteiger partial charge in [0.05, 0.1) is 50.6 Å². The molecule has 0 bridgehead atoms. The molecule has 11 amide bonds. The van der Waals surface area contributed by atoms with Crippen molar-refractivity contribution in [2.75, 3.05) is 13.2 Å². The van der Waals surface area contributed by atoms with E-state index in [0.29, 0.717) is 22.4 Å². The number of aliphatic hydroxyl groups is 3. The molecule has 12 atom stereocenters. The molecule has 6 aromatic rings. The molecule has 0 radical (unpaired) electrons. The van der Waals surface area contributed by atoms with Gasteiger partial charge >= 0.3 is 11.9 Å². The summed E-state index contributed by atoms with van der Waals surface area (Å²) in [7, 11) is 0.